The molecule has 2 N–H and O–H groups in total. The van der Waals surface area contributed by atoms with Crippen LogP contribution in [0.2, 0.25) is 0 Å². The Morgan fingerprint density at radius 3 is 2.78 bits per heavy atom. The van der Waals surface area contributed by atoms with Gasteiger partial charge in [-0.05, 0) is 43.5 Å². The number of pyridine rings is 1. The molecule has 1 aliphatic heterocycles. The van der Waals surface area contributed by atoms with Gasteiger partial charge in [0.05, 0.1) is 5.52 Å². The van der Waals surface area contributed by atoms with Crippen LogP contribution in [-0.2, 0) is 0 Å². The van der Waals surface area contributed by atoms with Gasteiger partial charge in [-0.15, -0.1) is 0 Å². The van der Waals surface area contributed by atoms with Crippen molar-refractivity contribution in [3.05, 3.63) is 35.5 Å². The van der Waals surface area contributed by atoms with Gasteiger partial charge in [0.25, 0.3) is 0 Å². The van der Waals surface area contributed by atoms with Crippen LogP contribution in [-0.4, -0.2) is 24.1 Å². The number of hydrogen-bond acceptors (Lipinski definition) is 3. The third-order valence-corrected chi connectivity index (χ3v) is 3.85. The number of rotatable bonds is 1. The zero-order valence-electron chi connectivity index (χ0n) is 11.0. The summed E-state index contributed by atoms with van der Waals surface area (Å²) >= 11 is 0. The molecule has 1 fully saturated rings. The average molecular weight is 241 g/mol. The minimum absolute atomic E-state index is 0.304. The summed E-state index contributed by atoms with van der Waals surface area (Å²) in [6.07, 6.45) is 2.97. The molecule has 1 aromatic carbocycles. The summed E-state index contributed by atoms with van der Waals surface area (Å²) in [5.41, 5.74) is 10.9. The third-order valence-electron chi connectivity index (χ3n) is 3.85. The van der Waals surface area contributed by atoms with Crippen LogP contribution in [0.4, 0.5) is 5.69 Å². The highest BCUT2D eigenvalue weighted by molar-refractivity contribution is 5.96. The van der Waals surface area contributed by atoms with Crippen molar-refractivity contribution in [3.63, 3.8) is 0 Å². The lowest BCUT2D eigenvalue weighted by molar-refractivity contribution is 0.752. The predicted molar refractivity (Wildman–Crippen MR) is 76.0 cm³/mol. The van der Waals surface area contributed by atoms with Crippen LogP contribution < -0.4 is 10.6 Å². The first kappa shape index (κ1) is 11.5. The highest BCUT2D eigenvalue weighted by Crippen LogP contribution is 2.32. The van der Waals surface area contributed by atoms with Crippen molar-refractivity contribution in [1.29, 1.82) is 0 Å². The second-order valence-electron chi connectivity index (χ2n) is 5.25. The Labute approximate surface area is 108 Å². The van der Waals surface area contributed by atoms with E-state index in [1.165, 1.54) is 22.2 Å². The minimum Gasteiger partial charge on any atom is -0.369 e. The van der Waals surface area contributed by atoms with Crippen LogP contribution in [0.3, 0.4) is 0 Å². The maximum absolute atomic E-state index is 6.02. The molecule has 3 rings (SSSR count). The lowest BCUT2D eigenvalue weighted by Gasteiger charge is -2.21. The summed E-state index contributed by atoms with van der Waals surface area (Å²) in [7, 11) is 0. The van der Waals surface area contributed by atoms with Gasteiger partial charge in [0.15, 0.2) is 0 Å². The fraction of sp³-hybridized carbons (Fsp3) is 0.400. The molecular weight excluding hydrogens is 222 g/mol. The van der Waals surface area contributed by atoms with Crippen molar-refractivity contribution in [3.8, 4) is 0 Å². The zero-order chi connectivity index (χ0) is 12.7. The molecule has 0 amide bonds. The SMILES string of the molecule is Cc1ccc(N2CCC(N)C2)c2c(C)ccnc12. The van der Waals surface area contributed by atoms with E-state index in [0.29, 0.717) is 6.04 Å². The molecule has 3 nitrogen and oxygen atoms in total. The number of benzene rings is 1. The van der Waals surface area contributed by atoms with Crippen LogP contribution in [0.1, 0.15) is 17.5 Å². The van der Waals surface area contributed by atoms with Gasteiger partial charge in [-0.25, -0.2) is 0 Å². The van der Waals surface area contributed by atoms with Gasteiger partial charge in [-0.3, -0.25) is 4.98 Å². The van der Waals surface area contributed by atoms with Crippen LogP contribution in [0.15, 0.2) is 24.4 Å². The first-order valence-corrected chi connectivity index (χ1v) is 6.52. The molecule has 2 aromatic rings. The lowest BCUT2D eigenvalue weighted by Crippen LogP contribution is -2.26. The largest absolute Gasteiger partial charge is 0.369 e. The molecule has 1 aliphatic rings. The maximum Gasteiger partial charge on any atom is 0.0754 e. The van der Waals surface area contributed by atoms with E-state index in [1.807, 2.05) is 6.20 Å². The van der Waals surface area contributed by atoms with Gasteiger partial charge < -0.3 is 10.6 Å². The fourth-order valence-corrected chi connectivity index (χ4v) is 2.82. The molecule has 2 heterocycles. The van der Waals surface area contributed by atoms with Gasteiger partial charge in [-0.1, -0.05) is 6.07 Å². The Balaban J connectivity index is 2.21. The monoisotopic (exact) mass is 241 g/mol. The second-order valence-corrected chi connectivity index (χ2v) is 5.25. The van der Waals surface area contributed by atoms with Gasteiger partial charge in [0.2, 0.25) is 0 Å². The molecule has 18 heavy (non-hydrogen) atoms. The van der Waals surface area contributed by atoms with Crippen molar-refractivity contribution >= 4 is 16.6 Å². The molecule has 1 atom stereocenters. The topological polar surface area (TPSA) is 42.1 Å². The molecule has 1 saturated heterocycles. The second kappa shape index (κ2) is 4.25. The molecule has 0 spiro atoms. The van der Waals surface area contributed by atoms with E-state index < -0.39 is 0 Å². The first-order valence-electron chi connectivity index (χ1n) is 6.52. The van der Waals surface area contributed by atoms with Crippen molar-refractivity contribution in [2.75, 3.05) is 18.0 Å². The number of fused-ring (bicyclic) bond motifs is 1. The van der Waals surface area contributed by atoms with E-state index in [-0.39, 0.29) is 0 Å². The summed E-state index contributed by atoms with van der Waals surface area (Å²) in [5.74, 6) is 0. The first-order chi connectivity index (χ1) is 8.66. The van der Waals surface area contributed by atoms with Gasteiger partial charge in [0.1, 0.15) is 0 Å². The van der Waals surface area contributed by atoms with Gasteiger partial charge >= 0.3 is 0 Å². The van der Waals surface area contributed by atoms with E-state index in [0.717, 1.165) is 25.0 Å². The number of aryl methyl sites for hydroxylation is 2. The van der Waals surface area contributed by atoms with Crippen LogP contribution in [0, 0.1) is 13.8 Å². The van der Waals surface area contributed by atoms with E-state index in [1.54, 1.807) is 0 Å². The highest BCUT2D eigenvalue weighted by Gasteiger charge is 2.21. The molecule has 0 aliphatic carbocycles. The summed E-state index contributed by atoms with van der Waals surface area (Å²) in [4.78, 5) is 6.92. The van der Waals surface area contributed by atoms with Crippen molar-refractivity contribution in [2.24, 2.45) is 5.73 Å². The Bertz CT molecular complexity index is 592. The Kier molecular flexibility index (Phi) is 2.71. The number of hydrogen-bond donors (Lipinski definition) is 1. The number of nitrogens with zero attached hydrogens (tertiary/aromatic N) is 2. The summed E-state index contributed by atoms with van der Waals surface area (Å²) in [5, 5.41) is 1.28. The van der Waals surface area contributed by atoms with E-state index in [4.69, 9.17) is 5.73 Å². The van der Waals surface area contributed by atoms with Crippen LogP contribution in [0.5, 0.6) is 0 Å². The Morgan fingerprint density at radius 2 is 2.06 bits per heavy atom. The number of aromatic nitrogens is 1. The maximum atomic E-state index is 6.02. The molecule has 3 heteroatoms. The van der Waals surface area contributed by atoms with Crippen molar-refractivity contribution in [2.45, 2.75) is 26.3 Å². The smallest absolute Gasteiger partial charge is 0.0754 e. The standard InChI is InChI=1S/C15H19N3/c1-10-5-7-17-15-11(2)3-4-13(14(10)15)18-8-6-12(16)9-18/h3-5,7,12H,6,8-9,16H2,1-2H3. The quantitative estimate of drug-likeness (QED) is 0.833. The third kappa shape index (κ3) is 1.75. The van der Waals surface area contributed by atoms with E-state index in [2.05, 4.69) is 41.9 Å². The van der Waals surface area contributed by atoms with Crippen molar-refractivity contribution < 1.29 is 0 Å². The molecule has 0 saturated carbocycles. The Morgan fingerprint density at radius 1 is 1.22 bits per heavy atom. The Hall–Kier alpha value is -1.61. The highest BCUT2D eigenvalue weighted by atomic mass is 15.2. The summed E-state index contributed by atoms with van der Waals surface area (Å²) in [6.45, 7) is 6.28. The van der Waals surface area contributed by atoms with Gasteiger partial charge in [0, 0.05) is 36.4 Å². The number of nitrogens with two attached hydrogens (primary N) is 1. The predicted octanol–water partition coefficient (Wildman–Crippen LogP) is 2.39. The summed E-state index contributed by atoms with van der Waals surface area (Å²) in [6, 6.07) is 6.76. The van der Waals surface area contributed by atoms with Crippen LogP contribution >= 0.6 is 0 Å². The van der Waals surface area contributed by atoms with Crippen LogP contribution in [0.25, 0.3) is 10.9 Å². The molecule has 0 radical (unpaired) electrons. The average Bonchev–Trinajstić information content (AvgIpc) is 2.77. The normalized spacial score (nSPS) is 19.7. The van der Waals surface area contributed by atoms with E-state index >= 15 is 0 Å². The fourth-order valence-electron chi connectivity index (χ4n) is 2.82. The van der Waals surface area contributed by atoms with E-state index in [9.17, 15) is 0 Å². The molecular formula is C15H19N3. The zero-order valence-corrected chi connectivity index (χ0v) is 11.0. The molecule has 0 bridgehead atoms. The summed E-state index contributed by atoms with van der Waals surface area (Å²) < 4.78 is 0. The molecule has 94 valence electrons. The van der Waals surface area contributed by atoms with Gasteiger partial charge in [-0.2, -0.15) is 0 Å². The lowest BCUT2D eigenvalue weighted by atomic mass is 10.0. The molecule has 1 aromatic heterocycles. The number of anilines is 1. The van der Waals surface area contributed by atoms with Crippen molar-refractivity contribution in [1.82, 2.24) is 4.98 Å². The molecule has 1 unspecified atom stereocenters. The minimum atomic E-state index is 0.304.